The van der Waals surface area contributed by atoms with Gasteiger partial charge < -0.3 is 5.73 Å². The van der Waals surface area contributed by atoms with Crippen LogP contribution in [0.15, 0.2) is 0 Å². The van der Waals surface area contributed by atoms with Crippen LogP contribution < -0.4 is 5.73 Å². The fourth-order valence-electron chi connectivity index (χ4n) is 0.641. The fourth-order valence-corrected chi connectivity index (χ4v) is 2.28. The Kier molecular flexibility index (Phi) is 6.58. The Balaban J connectivity index is 3.02. The monoisotopic (exact) mass is 193 g/mol. The molecule has 1 nitrogen and oxygen atoms in total. The van der Waals surface area contributed by atoms with Crippen molar-refractivity contribution in [3.8, 4) is 0 Å². The van der Waals surface area contributed by atoms with E-state index in [9.17, 15) is 0 Å². The molecule has 2 N–H and O–H groups in total. The summed E-state index contributed by atoms with van der Waals surface area (Å²) in [5.41, 5.74) is 5.83. The highest BCUT2D eigenvalue weighted by Crippen LogP contribution is 2.11. The average molecular weight is 193 g/mol. The zero-order chi connectivity index (χ0) is 8.74. The molecular weight excluding hydrogens is 174 g/mol. The molecule has 0 aliphatic heterocycles. The predicted octanol–water partition coefficient (Wildman–Crippen LogP) is 2.21. The molecule has 0 aromatic heterocycles. The van der Waals surface area contributed by atoms with Gasteiger partial charge in [0.05, 0.1) is 0 Å². The average Bonchev–Trinajstić information content (AvgIpc) is 1.85. The van der Waals surface area contributed by atoms with Crippen molar-refractivity contribution in [2.75, 3.05) is 23.5 Å². The summed E-state index contributed by atoms with van der Waals surface area (Å²) in [6.07, 6.45) is 3.46. The minimum absolute atomic E-state index is 0.00399. The Hall–Kier alpha value is 0.660. The molecule has 0 aromatic rings. The van der Waals surface area contributed by atoms with E-state index in [2.05, 4.69) is 20.1 Å². The number of nitrogens with two attached hydrogens (primary N) is 1. The SMILES string of the molecule is CSCCCSCC(C)(C)N. The molecule has 0 amide bonds. The van der Waals surface area contributed by atoms with Crippen molar-refractivity contribution in [2.24, 2.45) is 5.73 Å². The van der Waals surface area contributed by atoms with Crippen molar-refractivity contribution in [2.45, 2.75) is 25.8 Å². The van der Waals surface area contributed by atoms with Crippen LogP contribution in [0, 0.1) is 0 Å². The van der Waals surface area contributed by atoms with E-state index >= 15 is 0 Å². The third-order valence-electron chi connectivity index (χ3n) is 1.11. The van der Waals surface area contributed by atoms with Crippen molar-refractivity contribution in [1.82, 2.24) is 0 Å². The van der Waals surface area contributed by atoms with Gasteiger partial charge in [0, 0.05) is 11.3 Å². The first-order valence-corrected chi connectivity index (χ1v) is 6.47. The van der Waals surface area contributed by atoms with E-state index in [-0.39, 0.29) is 5.54 Å². The van der Waals surface area contributed by atoms with Gasteiger partial charge in [-0.1, -0.05) is 0 Å². The second kappa shape index (κ2) is 6.21. The molecule has 0 unspecified atom stereocenters. The van der Waals surface area contributed by atoms with Crippen LogP contribution in [0.1, 0.15) is 20.3 Å². The molecule has 0 rings (SSSR count). The van der Waals surface area contributed by atoms with Crippen LogP contribution in [0.5, 0.6) is 0 Å². The van der Waals surface area contributed by atoms with E-state index in [1.165, 1.54) is 17.9 Å². The lowest BCUT2D eigenvalue weighted by Gasteiger charge is -2.17. The van der Waals surface area contributed by atoms with Gasteiger partial charge in [-0.3, -0.25) is 0 Å². The van der Waals surface area contributed by atoms with Gasteiger partial charge in [-0.2, -0.15) is 23.5 Å². The Bertz CT molecular complexity index is 88.6. The van der Waals surface area contributed by atoms with E-state index in [1.54, 1.807) is 0 Å². The summed E-state index contributed by atoms with van der Waals surface area (Å²) in [6, 6.07) is 0. The standard InChI is InChI=1S/C8H19NS2/c1-8(2,9)7-11-6-4-5-10-3/h4-7,9H2,1-3H3. The molecule has 0 aromatic carbocycles. The molecule has 0 radical (unpaired) electrons. The van der Waals surface area contributed by atoms with Crippen LogP contribution >= 0.6 is 23.5 Å². The normalized spacial score (nSPS) is 12.0. The summed E-state index contributed by atoms with van der Waals surface area (Å²) >= 11 is 3.88. The summed E-state index contributed by atoms with van der Waals surface area (Å²) in [5, 5.41) is 0. The Labute approximate surface area is 78.9 Å². The van der Waals surface area contributed by atoms with Gasteiger partial charge in [0.25, 0.3) is 0 Å². The quantitative estimate of drug-likeness (QED) is 0.655. The molecule has 11 heavy (non-hydrogen) atoms. The van der Waals surface area contributed by atoms with Gasteiger partial charge in [-0.25, -0.2) is 0 Å². The molecular formula is C8H19NS2. The second-order valence-corrected chi connectivity index (χ2v) is 5.48. The number of hydrogen-bond acceptors (Lipinski definition) is 3. The van der Waals surface area contributed by atoms with Crippen LogP contribution in [0.2, 0.25) is 0 Å². The van der Waals surface area contributed by atoms with E-state index in [0.29, 0.717) is 0 Å². The molecule has 0 saturated carbocycles. The van der Waals surface area contributed by atoms with E-state index in [0.717, 1.165) is 5.75 Å². The number of hydrogen-bond donors (Lipinski definition) is 1. The first-order valence-electron chi connectivity index (χ1n) is 3.92. The van der Waals surface area contributed by atoms with Crippen molar-refractivity contribution >= 4 is 23.5 Å². The Morgan fingerprint density at radius 2 is 1.91 bits per heavy atom. The minimum atomic E-state index is 0.00399. The van der Waals surface area contributed by atoms with E-state index in [4.69, 9.17) is 5.73 Å². The molecule has 3 heteroatoms. The first kappa shape index (κ1) is 11.7. The van der Waals surface area contributed by atoms with Crippen molar-refractivity contribution in [3.63, 3.8) is 0 Å². The predicted molar refractivity (Wildman–Crippen MR) is 58.6 cm³/mol. The minimum Gasteiger partial charge on any atom is -0.325 e. The van der Waals surface area contributed by atoms with Crippen molar-refractivity contribution in [1.29, 1.82) is 0 Å². The maximum atomic E-state index is 5.82. The van der Waals surface area contributed by atoms with Crippen LogP contribution in [0.3, 0.4) is 0 Å². The third kappa shape index (κ3) is 10.7. The molecule has 68 valence electrons. The highest BCUT2D eigenvalue weighted by atomic mass is 32.2. The Morgan fingerprint density at radius 3 is 2.36 bits per heavy atom. The molecule has 0 aliphatic rings. The largest absolute Gasteiger partial charge is 0.325 e. The molecule has 0 aliphatic carbocycles. The van der Waals surface area contributed by atoms with Gasteiger partial charge >= 0.3 is 0 Å². The van der Waals surface area contributed by atoms with Crippen LogP contribution in [-0.2, 0) is 0 Å². The topological polar surface area (TPSA) is 26.0 Å². The van der Waals surface area contributed by atoms with Gasteiger partial charge in [0.15, 0.2) is 0 Å². The van der Waals surface area contributed by atoms with E-state index in [1.807, 2.05) is 23.5 Å². The van der Waals surface area contributed by atoms with Crippen LogP contribution in [0.4, 0.5) is 0 Å². The summed E-state index contributed by atoms with van der Waals surface area (Å²) in [5.74, 6) is 3.60. The molecule has 0 atom stereocenters. The van der Waals surface area contributed by atoms with Crippen molar-refractivity contribution < 1.29 is 0 Å². The van der Waals surface area contributed by atoms with E-state index < -0.39 is 0 Å². The maximum Gasteiger partial charge on any atom is 0.0188 e. The summed E-state index contributed by atoms with van der Waals surface area (Å²) in [7, 11) is 0. The zero-order valence-electron chi connectivity index (χ0n) is 7.72. The van der Waals surface area contributed by atoms with Crippen molar-refractivity contribution in [3.05, 3.63) is 0 Å². The van der Waals surface area contributed by atoms with Crippen LogP contribution in [0.25, 0.3) is 0 Å². The molecule has 0 bridgehead atoms. The lowest BCUT2D eigenvalue weighted by Crippen LogP contribution is -2.34. The second-order valence-electron chi connectivity index (χ2n) is 3.39. The summed E-state index contributed by atoms with van der Waals surface area (Å²) in [4.78, 5) is 0. The van der Waals surface area contributed by atoms with Gasteiger partial charge in [0.2, 0.25) is 0 Å². The summed E-state index contributed by atoms with van der Waals surface area (Å²) in [6.45, 7) is 4.16. The molecule has 0 heterocycles. The highest BCUT2D eigenvalue weighted by Gasteiger charge is 2.09. The van der Waals surface area contributed by atoms with Gasteiger partial charge in [-0.05, 0) is 38.0 Å². The number of thioether (sulfide) groups is 2. The Morgan fingerprint density at radius 1 is 1.27 bits per heavy atom. The summed E-state index contributed by atoms with van der Waals surface area (Å²) < 4.78 is 0. The fraction of sp³-hybridized carbons (Fsp3) is 1.00. The number of rotatable bonds is 6. The third-order valence-corrected chi connectivity index (χ3v) is 3.33. The highest BCUT2D eigenvalue weighted by molar-refractivity contribution is 7.99. The molecule has 0 saturated heterocycles. The smallest absolute Gasteiger partial charge is 0.0188 e. The lowest BCUT2D eigenvalue weighted by molar-refractivity contribution is 0.591. The first-order chi connectivity index (χ1) is 5.06. The molecule has 0 fully saturated rings. The van der Waals surface area contributed by atoms with Gasteiger partial charge in [0.1, 0.15) is 0 Å². The lowest BCUT2D eigenvalue weighted by atomic mass is 10.1. The maximum absolute atomic E-state index is 5.82. The van der Waals surface area contributed by atoms with Crippen LogP contribution in [-0.4, -0.2) is 29.1 Å². The van der Waals surface area contributed by atoms with Gasteiger partial charge in [-0.15, -0.1) is 0 Å². The zero-order valence-corrected chi connectivity index (χ0v) is 9.36. The molecule has 0 spiro atoms.